The summed E-state index contributed by atoms with van der Waals surface area (Å²) >= 11 is 0. The number of hydrogen-bond acceptors (Lipinski definition) is 5. The van der Waals surface area contributed by atoms with Gasteiger partial charge in [0.25, 0.3) is 0 Å². The van der Waals surface area contributed by atoms with Crippen LogP contribution < -0.4 is 0 Å². The molecule has 0 aromatic carbocycles. The maximum atomic E-state index is 12.5. The predicted octanol–water partition coefficient (Wildman–Crippen LogP) is 1.45. The van der Waals surface area contributed by atoms with Gasteiger partial charge in [-0.1, -0.05) is 0 Å². The lowest BCUT2D eigenvalue weighted by atomic mass is 10.0. The Bertz CT molecular complexity index is 464. The summed E-state index contributed by atoms with van der Waals surface area (Å²) in [6, 6.07) is 1.76. The van der Waals surface area contributed by atoms with Gasteiger partial charge in [0.1, 0.15) is 11.8 Å². The quantitative estimate of drug-likeness (QED) is 0.803. The highest BCUT2D eigenvalue weighted by Crippen LogP contribution is 2.29. The summed E-state index contributed by atoms with van der Waals surface area (Å²) in [4.78, 5) is 14.3. The molecule has 2 unspecified atom stereocenters. The summed E-state index contributed by atoms with van der Waals surface area (Å²) in [5.74, 6) is -0.746. The number of aliphatic hydroxyl groups excluding tert-OH is 2. The minimum atomic E-state index is -4.65. The number of aromatic nitrogens is 1. The standard InChI is InChI=1S/C12H14F3NO4/c1-2-20-10(18)6-8(17)11(19)7-3-4-16-9(5-7)12(13,14)15/h3-5,8,11,17,19H,2,6H2,1H3. The van der Waals surface area contributed by atoms with Crippen LogP contribution in [-0.2, 0) is 15.7 Å². The normalized spacial score (nSPS) is 14.7. The average molecular weight is 293 g/mol. The highest BCUT2D eigenvalue weighted by molar-refractivity contribution is 5.70. The van der Waals surface area contributed by atoms with Crippen LogP contribution in [0.1, 0.15) is 30.7 Å². The molecule has 0 radical (unpaired) electrons. The number of pyridine rings is 1. The van der Waals surface area contributed by atoms with Crippen LogP contribution in [0.4, 0.5) is 13.2 Å². The topological polar surface area (TPSA) is 79.7 Å². The summed E-state index contributed by atoms with van der Waals surface area (Å²) < 4.78 is 42.0. The largest absolute Gasteiger partial charge is 0.466 e. The summed E-state index contributed by atoms with van der Waals surface area (Å²) in [5, 5.41) is 19.4. The molecule has 2 atom stereocenters. The molecule has 0 fully saturated rings. The Balaban J connectivity index is 2.81. The van der Waals surface area contributed by atoms with Crippen molar-refractivity contribution in [2.24, 2.45) is 0 Å². The fraction of sp³-hybridized carbons (Fsp3) is 0.500. The lowest BCUT2D eigenvalue weighted by molar-refractivity contribution is -0.147. The predicted molar refractivity (Wildman–Crippen MR) is 61.5 cm³/mol. The molecule has 0 bridgehead atoms. The van der Waals surface area contributed by atoms with Gasteiger partial charge in [-0.3, -0.25) is 9.78 Å². The first-order chi connectivity index (χ1) is 9.25. The van der Waals surface area contributed by atoms with Crippen molar-refractivity contribution >= 4 is 5.97 Å². The number of halogens is 3. The molecule has 0 spiro atoms. The number of carbonyl (C=O) groups is 1. The van der Waals surface area contributed by atoms with Gasteiger partial charge in [-0.25, -0.2) is 0 Å². The van der Waals surface area contributed by atoms with E-state index < -0.39 is 36.5 Å². The SMILES string of the molecule is CCOC(=O)CC(O)C(O)c1ccnc(C(F)(F)F)c1. The zero-order chi connectivity index (χ0) is 15.3. The van der Waals surface area contributed by atoms with Crippen LogP contribution in [0.25, 0.3) is 0 Å². The number of aliphatic hydroxyl groups is 2. The molecule has 1 rings (SSSR count). The van der Waals surface area contributed by atoms with E-state index in [9.17, 15) is 28.2 Å². The highest BCUT2D eigenvalue weighted by atomic mass is 19.4. The summed E-state index contributed by atoms with van der Waals surface area (Å²) in [7, 11) is 0. The lowest BCUT2D eigenvalue weighted by Gasteiger charge is -2.18. The molecular formula is C12H14F3NO4. The number of hydrogen-bond donors (Lipinski definition) is 2. The maximum absolute atomic E-state index is 12.5. The second-order valence-corrected chi connectivity index (χ2v) is 3.99. The molecule has 0 aliphatic carbocycles. The number of alkyl halides is 3. The molecule has 2 N–H and O–H groups in total. The average Bonchev–Trinajstić information content (AvgIpc) is 2.37. The maximum Gasteiger partial charge on any atom is 0.433 e. The lowest BCUT2D eigenvalue weighted by Crippen LogP contribution is -2.23. The number of ether oxygens (including phenoxy) is 1. The van der Waals surface area contributed by atoms with E-state index in [1.807, 2.05) is 0 Å². The molecule has 0 saturated carbocycles. The van der Waals surface area contributed by atoms with Crippen molar-refractivity contribution in [1.82, 2.24) is 4.98 Å². The van der Waals surface area contributed by atoms with Crippen molar-refractivity contribution in [3.63, 3.8) is 0 Å². The molecule has 1 aromatic rings. The van der Waals surface area contributed by atoms with E-state index in [0.29, 0.717) is 6.07 Å². The van der Waals surface area contributed by atoms with Gasteiger partial charge in [0.2, 0.25) is 0 Å². The summed E-state index contributed by atoms with van der Waals surface area (Å²) in [6.07, 6.45) is -7.49. The molecule has 8 heteroatoms. The Hall–Kier alpha value is -1.67. The number of nitrogens with zero attached hydrogens (tertiary/aromatic N) is 1. The van der Waals surface area contributed by atoms with Crippen LogP contribution >= 0.6 is 0 Å². The monoisotopic (exact) mass is 293 g/mol. The molecule has 1 heterocycles. The zero-order valence-electron chi connectivity index (χ0n) is 10.6. The van der Waals surface area contributed by atoms with E-state index in [2.05, 4.69) is 9.72 Å². The third kappa shape index (κ3) is 4.46. The summed E-state index contributed by atoms with van der Waals surface area (Å²) in [5.41, 5.74) is -1.36. The molecule has 20 heavy (non-hydrogen) atoms. The van der Waals surface area contributed by atoms with E-state index in [0.717, 1.165) is 12.3 Å². The minimum absolute atomic E-state index is 0.106. The Labute approximate surface area is 113 Å². The van der Waals surface area contributed by atoms with Crippen molar-refractivity contribution in [2.45, 2.75) is 31.7 Å². The van der Waals surface area contributed by atoms with Gasteiger partial charge in [-0.15, -0.1) is 0 Å². The fourth-order valence-electron chi connectivity index (χ4n) is 1.51. The van der Waals surface area contributed by atoms with Crippen molar-refractivity contribution < 1.29 is 32.9 Å². The first-order valence-electron chi connectivity index (χ1n) is 5.80. The van der Waals surface area contributed by atoms with Crippen LogP contribution in [0.2, 0.25) is 0 Å². The van der Waals surface area contributed by atoms with Crippen LogP contribution in [-0.4, -0.2) is 33.9 Å². The van der Waals surface area contributed by atoms with E-state index >= 15 is 0 Å². The molecule has 5 nitrogen and oxygen atoms in total. The van der Waals surface area contributed by atoms with Crippen LogP contribution in [0.5, 0.6) is 0 Å². The Morgan fingerprint density at radius 3 is 2.65 bits per heavy atom. The molecule has 0 aliphatic heterocycles. The highest BCUT2D eigenvalue weighted by Gasteiger charge is 2.33. The molecule has 1 aromatic heterocycles. The number of rotatable bonds is 5. The van der Waals surface area contributed by atoms with Crippen LogP contribution in [0, 0.1) is 0 Å². The van der Waals surface area contributed by atoms with E-state index in [1.165, 1.54) is 0 Å². The van der Waals surface area contributed by atoms with Gasteiger partial charge < -0.3 is 14.9 Å². The molecule has 0 saturated heterocycles. The van der Waals surface area contributed by atoms with Gasteiger partial charge in [0.05, 0.1) is 19.1 Å². The van der Waals surface area contributed by atoms with Gasteiger partial charge in [0, 0.05) is 6.20 Å². The molecule has 0 amide bonds. The molecule has 0 aliphatic rings. The van der Waals surface area contributed by atoms with Gasteiger partial charge in [0.15, 0.2) is 0 Å². The third-order valence-corrected chi connectivity index (χ3v) is 2.46. The van der Waals surface area contributed by atoms with Crippen LogP contribution in [0.15, 0.2) is 18.3 Å². The molecule has 112 valence electrons. The Morgan fingerprint density at radius 2 is 2.10 bits per heavy atom. The van der Waals surface area contributed by atoms with E-state index in [4.69, 9.17) is 0 Å². The summed E-state index contributed by atoms with van der Waals surface area (Å²) in [6.45, 7) is 1.67. The Morgan fingerprint density at radius 1 is 1.45 bits per heavy atom. The molecular weight excluding hydrogens is 279 g/mol. The first-order valence-corrected chi connectivity index (χ1v) is 5.80. The van der Waals surface area contributed by atoms with Gasteiger partial charge in [-0.2, -0.15) is 13.2 Å². The van der Waals surface area contributed by atoms with Gasteiger partial charge in [-0.05, 0) is 24.6 Å². The van der Waals surface area contributed by atoms with Crippen molar-refractivity contribution in [1.29, 1.82) is 0 Å². The van der Waals surface area contributed by atoms with Crippen molar-refractivity contribution in [3.05, 3.63) is 29.6 Å². The smallest absolute Gasteiger partial charge is 0.433 e. The number of carbonyl (C=O) groups excluding carboxylic acids is 1. The van der Waals surface area contributed by atoms with Crippen molar-refractivity contribution in [3.8, 4) is 0 Å². The minimum Gasteiger partial charge on any atom is -0.466 e. The van der Waals surface area contributed by atoms with E-state index in [-0.39, 0.29) is 12.2 Å². The number of esters is 1. The van der Waals surface area contributed by atoms with Crippen molar-refractivity contribution in [2.75, 3.05) is 6.61 Å². The Kier molecular flexibility index (Phi) is 5.46. The second-order valence-electron chi connectivity index (χ2n) is 3.99. The zero-order valence-corrected chi connectivity index (χ0v) is 10.6. The third-order valence-electron chi connectivity index (χ3n) is 2.46. The van der Waals surface area contributed by atoms with Crippen LogP contribution in [0.3, 0.4) is 0 Å². The van der Waals surface area contributed by atoms with Gasteiger partial charge >= 0.3 is 12.1 Å². The first kappa shape index (κ1) is 16.4. The van der Waals surface area contributed by atoms with E-state index in [1.54, 1.807) is 6.92 Å². The fourth-order valence-corrected chi connectivity index (χ4v) is 1.51. The second kappa shape index (κ2) is 6.67.